The second kappa shape index (κ2) is 7.07. The molecule has 0 spiro atoms. The largest absolute Gasteiger partial charge is 0.460 e. The van der Waals surface area contributed by atoms with Crippen molar-refractivity contribution < 1.29 is 13.6 Å². The summed E-state index contributed by atoms with van der Waals surface area (Å²) in [5.74, 6) is 0.170. The van der Waals surface area contributed by atoms with Crippen molar-refractivity contribution >= 4 is 17.0 Å². The minimum absolute atomic E-state index is 0.238. The van der Waals surface area contributed by atoms with Crippen LogP contribution in [-0.4, -0.2) is 15.5 Å². The van der Waals surface area contributed by atoms with Crippen molar-refractivity contribution in [2.75, 3.05) is 0 Å². The number of nitrogens with one attached hydrogen (secondary N) is 1. The van der Waals surface area contributed by atoms with E-state index in [-0.39, 0.29) is 18.3 Å². The number of aryl methyl sites for hydroxylation is 1. The molecule has 1 amide bonds. The van der Waals surface area contributed by atoms with Gasteiger partial charge in [-0.25, -0.2) is 4.39 Å². The number of furan rings is 1. The fourth-order valence-corrected chi connectivity index (χ4v) is 3.08. The predicted molar refractivity (Wildman–Crippen MR) is 99.9 cm³/mol. The summed E-state index contributed by atoms with van der Waals surface area (Å²) in [5.41, 5.74) is 3.05. The molecule has 0 aliphatic rings. The van der Waals surface area contributed by atoms with E-state index >= 15 is 0 Å². The summed E-state index contributed by atoms with van der Waals surface area (Å²) in [7, 11) is 0. The number of pyridine rings is 1. The van der Waals surface area contributed by atoms with E-state index in [1.165, 1.54) is 6.07 Å². The molecule has 1 N–H and O–H groups in total. The van der Waals surface area contributed by atoms with Crippen LogP contribution in [0.25, 0.3) is 11.1 Å². The molecular formula is C21H18FN3O2. The lowest BCUT2D eigenvalue weighted by atomic mass is 10.2. The fourth-order valence-electron chi connectivity index (χ4n) is 3.08. The van der Waals surface area contributed by atoms with Gasteiger partial charge in [0.05, 0.1) is 24.3 Å². The standard InChI is InChI=1S/C21H18FN3O2/c1-14-10-18-20(27-14)11-19(21(26)24-12-16-7-4-5-9-23-16)25(18)13-15-6-2-3-8-17(15)22/h2-11H,12-13H2,1H3,(H,24,26). The number of hydrogen-bond acceptors (Lipinski definition) is 3. The molecule has 0 saturated heterocycles. The highest BCUT2D eigenvalue weighted by Crippen LogP contribution is 2.25. The third kappa shape index (κ3) is 3.46. The summed E-state index contributed by atoms with van der Waals surface area (Å²) < 4.78 is 21.6. The Morgan fingerprint density at radius 1 is 1.19 bits per heavy atom. The molecule has 136 valence electrons. The molecule has 3 aromatic heterocycles. The van der Waals surface area contributed by atoms with Gasteiger partial charge in [-0.05, 0) is 25.1 Å². The summed E-state index contributed by atoms with van der Waals surface area (Å²) in [4.78, 5) is 17.0. The molecule has 4 aromatic rings. The lowest BCUT2D eigenvalue weighted by Crippen LogP contribution is -2.26. The Morgan fingerprint density at radius 3 is 2.78 bits per heavy atom. The highest BCUT2D eigenvalue weighted by Gasteiger charge is 2.19. The summed E-state index contributed by atoms with van der Waals surface area (Å²) >= 11 is 0. The van der Waals surface area contributed by atoms with E-state index in [0.29, 0.717) is 23.4 Å². The number of nitrogens with zero attached hydrogens (tertiary/aromatic N) is 2. The highest BCUT2D eigenvalue weighted by molar-refractivity contribution is 5.97. The van der Waals surface area contributed by atoms with Gasteiger partial charge in [0.25, 0.3) is 5.91 Å². The van der Waals surface area contributed by atoms with Crippen molar-refractivity contribution in [2.45, 2.75) is 20.0 Å². The SMILES string of the molecule is Cc1cc2c(cc(C(=O)NCc3ccccn3)n2Cc2ccccc2F)o1. The average molecular weight is 363 g/mol. The molecule has 0 saturated carbocycles. The van der Waals surface area contributed by atoms with E-state index in [2.05, 4.69) is 10.3 Å². The molecule has 1 aromatic carbocycles. The van der Waals surface area contributed by atoms with Crippen molar-refractivity contribution in [1.29, 1.82) is 0 Å². The van der Waals surface area contributed by atoms with Gasteiger partial charge in [-0.1, -0.05) is 24.3 Å². The molecule has 5 nitrogen and oxygen atoms in total. The fraction of sp³-hybridized carbons (Fsp3) is 0.143. The maximum atomic E-state index is 14.1. The van der Waals surface area contributed by atoms with E-state index in [9.17, 15) is 9.18 Å². The molecular weight excluding hydrogens is 345 g/mol. The third-order valence-electron chi connectivity index (χ3n) is 4.39. The van der Waals surface area contributed by atoms with Crippen molar-refractivity contribution in [3.8, 4) is 0 Å². The number of halogens is 1. The number of fused-ring (bicyclic) bond motifs is 1. The van der Waals surface area contributed by atoms with E-state index in [0.717, 1.165) is 17.0 Å². The smallest absolute Gasteiger partial charge is 0.268 e. The topological polar surface area (TPSA) is 60.1 Å². The lowest BCUT2D eigenvalue weighted by molar-refractivity contribution is 0.0942. The number of amides is 1. The molecule has 0 fully saturated rings. The molecule has 0 aliphatic heterocycles. The van der Waals surface area contributed by atoms with Gasteiger partial charge in [-0.3, -0.25) is 9.78 Å². The first-order valence-electron chi connectivity index (χ1n) is 8.63. The van der Waals surface area contributed by atoms with E-state index in [1.807, 2.05) is 31.2 Å². The zero-order valence-corrected chi connectivity index (χ0v) is 14.8. The van der Waals surface area contributed by atoms with Crippen LogP contribution in [0.5, 0.6) is 0 Å². The lowest BCUT2D eigenvalue weighted by Gasteiger charge is -2.11. The maximum Gasteiger partial charge on any atom is 0.268 e. The average Bonchev–Trinajstić information content (AvgIpc) is 3.19. The monoisotopic (exact) mass is 363 g/mol. The molecule has 4 rings (SSSR count). The maximum absolute atomic E-state index is 14.1. The Labute approximate surface area is 155 Å². The minimum atomic E-state index is -0.306. The zero-order chi connectivity index (χ0) is 18.8. The van der Waals surface area contributed by atoms with Gasteiger partial charge >= 0.3 is 0 Å². The second-order valence-electron chi connectivity index (χ2n) is 6.32. The van der Waals surface area contributed by atoms with E-state index < -0.39 is 0 Å². The summed E-state index contributed by atoms with van der Waals surface area (Å²) in [5, 5.41) is 2.86. The molecule has 0 bridgehead atoms. The van der Waals surface area contributed by atoms with Crippen molar-refractivity contribution in [3.63, 3.8) is 0 Å². The first kappa shape index (κ1) is 17.0. The molecule has 0 aliphatic carbocycles. The molecule has 0 unspecified atom stereocenters. The van der Waals surface area contributed by atoms with Crippen LogP contribution >= 0.6 is 0 Å². The van der Waals surface area contributed by atoms with Crippen LogP contribution in [-0.2, 0) is 13.1 Å². The number of aromatic nitrogens is 2. The van der Waals surface area contributed by atoms with Gasteiger partial charge in [-0.2, -0.15) is 0 Å². The molecule has 3 heterocycles. The van der Waals surface area contributed by atoms with Gasteiger partial charge < -0.3 is 14.3 Å². The Hall–Kier alpha value is -3.41. The first-order valence-corrected chi connectivity index (χ1v) is 8.63. The summed E-state index contributed by atoms with van der Waals surface area (Å²) in [6, 6.07) is 15.6. The molecule has 27 heavy (non-hydrogen) atoms. The van der Waals surface area contributed by atoms with Crippen LogP contribution in [0, 0.1) is 12.7 Å². The van der Waals surface area contributed by atoms with Gasteiger partial charge in [0.15, 0.2) is 5.58 Å². The molecule has 0 atom stereocenters. The molecule has 0 radical (unpaired) electrons. The quantitative estimate of drug-likeness (QED) is 0.582. The number of carbonyl (C=O) groups is 1. The normalized spacial score (nSPS) is 11.0. The Bertz CT molecular complexity index is 1100. The predicted octanol–water partition coefficient (Wildman–Crippen LogP) is 4.06. The third-order valence-corrected chi connectivity index (χ3v) is 4.39. The number of benzene rings is 1. The van der Waals surface area contributed by atoms with Gasteiger partial charge in [0.2, 0.25) is 0 Å². The Kier molecular flexibility index (Phi) is 4.46. The number of rotatable bonds is 5. The van der Waals surface area contributed by atoms with E-state index in [1.54, 1.807) is 35.0 Å². The molecule has 6 heteroatoms. The van der Waals surface area contributed by atoms with Crippen LogP contribution in [0.15, 0.2) is 65.2 Å². The van der Waals surface area contributed by atoms with E-state index in [4.69, 9.17) is 4.42 Å². The second-order valence-corrected chi connectivity index (χ2v) is 6.32. The van der Waals surface area contributed by atoms with Crippen LogP contribution in [0.3, 0.4) is 0 Å². The van der Waals surface area contributed by atoms with Crippen molar-refractivity contribution in [2.24, 2.45) is 0 Å². The highest BCUT2D eigenvalue weighted by atomic mass is 19.1. The Balaban J connectivity index is 1.66. The number of carbonyl (C=O) groups excluding carboxylic acids is 1. The van der Waals surface area contributed by atoms with Gasteiger partial charge in [-0.15, -0.1) is 0 Å². The summed E-state index contributed by atoms with van der Waals surface area (Å²) in [6.45, 7) is 2.39. The zero-order valence-electron chi connectivity index (χ0n) is 14.8. The van der Waals surface area contributed by atoms with Crippen LogP contribution in [0.4, 0.5) is 4.39 Å². The van der Waals surface area contributed by atoms with Gasteiger partial charge in [0, 0.05) is 23.9 Å². The van der Waals surface area contributed by atoms with Crippen molar-refractivity contribution in [3.05, 3.63) is 89.3 Å². The summed E-state index contributed by atoms with van der Waals surface area (Å²) in [6.07, 6.45) is 1.68. The van der Waals surface area contributed by atoms with Gasteiger partial charge in [0.1, 0.15) is 17.3 Å². The van der Waals surface area contributed by atoms with Crippen LogP contribution in [0.2, 0.25) is 0 Å². The van der Waals surface area contributed by atoms with Crippen LogP contribution < -0.4 is 5.32 Å². The first-order chi connectivity index (χ1) is 13.1. The number of hydrogen-bond donors (Lipinski definition) is 1. The van der Waals surface area contributed by atoms with Crippen molar-refractivity contribution in [1.82, 2.24) is 14.9 Å². The minimum Gasteiger partial charge on any atom is -0.460 e. The Morgan fingerprint density at radius 2 is 2.00 bits per heavy atom. The van der Waals surface area contributed by atoms with Crippen LogP contribution in [0.1, 0.15) is 27.5 Å².